The van der Waals surface area contributed by atoms with Crippen molar-refractivity contribution in [1.82, 2.24) is 19.8 Å². The van der Waals surface area contributed by atoms with Crippen LogP contribution < -0.4 is 10.1 Å². The van der Waals surface area contributed by atoms with Crippen molar-refractivity contribution < 1.29 is 9.53 Å². The van der Waals surface area contributed by atoms with Gasteiger partial charge in [0.2, 0.25) is 0 Å². The maximum atomic E-state index is 13.2. The minimum atomic E-state index is -0.0829. The molecule has 5 rings (SSSR count). The molecular formula is C29H28N4O2S2. The van der Waals surface area contributed by atoms with Crippen molar-refractivity contribution in [3.05, 3.63) is 118 Å². The largest absolute Gasteiger partial charge is 0.497 e. The van der Waals surface area contributed by atoms with E-state index < -0.39 is 0 Å². The monoisotopic (exact) mass is 528 g/mol. The number of ether oxygens (including phenoxy) is 1. The molecule has 5 aromatic rings. The van der Waals surface area contributed by atoms with Crippen molar-refractivity contribution in [1.29, 1.82) is 0 Å². The Hall–Kier alpha value is -3.88. The van der Waals surface area contributed by atoms with E-state index >= 15 is 0 Å². The van der Waals surface area contributed by atoms with Crippen molar-refractivity contribution >= 4 is 28.7 Å². The van der Waals surface area contributed by atoms with Gasteiger partial charge in [-0.2, -0.15) is 0 Å². The first-order chi connectivity index (χ1) is 18.2. The molecule has 37 heavy (non-hydrogen) atoms. The van der Waals surface area contributed by atoms with Crippen LogP contribution in [0.5, 0.6) is 5.75 Å². The molecule has 2 aromatic carbocycles. The zero-order valence-electron chi connectivity index (χ0n) is 20.5. The molecule has 0 aliphatic rings. The fourth-order valence-corrected chi connectivity index (χ4v) is 5.58. The molecule has 3 aromatic heterocycles. The van der Waals surface area contributed by atoms with Gasteiger partial charge >= 0.3 is 6.03 Å². The highest BCUT2D eigenvalue weighted by atomic mass is 32.1. The van der Waals surface area contributed by atoms with Crippen LogP contribution in [0.25, 0.3) is 10.6 Å². The molecule has 0 saturated heterocycles. The Balaban J connectivity index is 1.28. The van der Waals surface area contributed by atoms with Crippen LogP contribution in [0.1, 0.15) is 21.8 Å². The van der Waals surface area contributed by atoms with Crippen molar-refractivity contribution in [3.63, 3.8) is 0 Å². The summed E-state index contributed by atoms with van der Waals surface area (Å²) in [6.07, 6.45) is 2.05. The number of rotatable bonds is 10. The van der Waals surface area contributed by atoms with Crippen LogP contribution >= 0.6 is 22.7 Å². The first-order valence-corrected chi connectivity index (χ1v) is 13.8. The zero-order valence-corrected chi connectivity index (χ0v) is 22.2. The number of nitrogens with one attached hydrogen (secondary N) is 1. The van der Waals surface area contributed by atoms with Gasteiger partial charge in [-0.25, -0.2) is 9.78 Å². The molecule has 0 radical (unpaired) electrons. The SMILES string of the molecule is COc1ccc(-c2nc(Cn3cccc3CN(Cc3cccs3)C(=O)NCc3ccccc3)cs2)cc1. The lowest BCUT2D eigenvalue weighted by atomic mass is 10.2. The third kappa shape index (κ3) is 6.47. The van der Waals surface area contributed by atoms with Gasteiger partial charge in [0.1, 0.15) is 10.8 Å². The summed E-state index contributed by atoms with van der Waals surface area (Å²) in [5.74, 6) is 0.831. The number of carbonyl (C=O) groups is 1. The molecule has 1 N–H and O–H groups in total. The van der Waals surface area contributed by atoms with E-state index in [1.807, 2.05) is 83.2 Å². The van der Waals surface area contributed by atoms with Gasteiger partial charge in [-0.05, 0) is 53.4 Å². The second-order valence-corrected chi connectivity index (χ2v) is 10.5. The van der Waals surface area contributed by atoms with Crippen LogP contribution in [0.3, 0.4) is 0 Å². The predicted molar refractivity (Wildman–Crippen MR) is 150 cm³/mol. The molecular weight excluding hydrogens is 500 g/mol. The van der Waals surface area contributed by atoms with E-state index in [4.69, 9.17) is 9.72 Å². The van der Waals surface area contributed by atoms with E-state index in [0.29, 0.717) is 26.2 Å². The lowest BCUT2D eigenvalue weighted by Gasteiger charge is -2.23. The maximum Gasteiger partial charge on any atom is 0.318 e. The predicted octanol–water partition coefficient (Wildman–Crippen LogP) is 6.64. The Morgan fingerprint density at radius 2 is 1.81 bits per heavy atom. The van der Waals surface area contributed by atoms with Crippen LogP contribution in [0.2, 0.25) is 0 Å². The molecule has 2 amide bonds. The first-order valence-electron chi connectivity index (χ1n) is 12.0. The minimum absolute atomic E-state index is 0.0829. The summed E-state index contributed by atoms with van der Waals surface area (Å²) in [5.41, 5.74) is 4.20. The van der Waals surface area contributed by atoms with Gasteiger partial charge in [0.05, 0.1) is 32.4 Å². The Morgan fingerprint density at radius 3 is 2.57 bits per heavy atom. The molecule has 0 fully saturated rings. The van der Waals surface area contributed by atoms with Gasteiger partial charge in [-0.3, -0.25) is 0 Å². The van der Waals surface area contributed by atoms with Gasteiger partial charge in [-0.1, -0.05) is 36.4 Å². The fraction of sp³-hybridized carbons (Fsp3) is 0.172. The minimum Gasteiger partial charge on any atom is -0.497 e. The Bertz CT molecular complexity index is 1410. The van der Waals surface area contributed by atoms with E-state index in [1.165, 1.54) is 0 Å². The molecule has 8 heteroatoms. The number of thiazole rings is 1. The third-order valence-electron chi connectivity index (χ3n) is 6.00. The zero-order chi connectivity index (χ0) is 25.5. The summed E-state index contributed by atoms with van der Waals surface area (Å²) in [4.78, 5) is 21.1. The number of aromatic nitrogens is 2. The average molecular weight is 529 g/mol. The van der Waals surface area contributed by atoms with Crippen molar-refractivity contribution in [3.8, 4) is 16.3 Å². The normalized spacial score (nSPS) is 10.8. The number of hydrogen-bond acceptors (Lipinski definition) is 5. The fourth-order valence-electron chi connectivity index (χ4n) is 4.04. The second-order valence-electron chi connectivity index (χ2n) is 8.58. The van der Waals surface area contributed by atoms with Crippen LogP contribution in [0.4, 0.5) is 4.79 Å². The van der Waals surface area contributed by atoms with Gasteiger partial charge < -0.3 is 19.5 Å². The summed E-state index contributed by atoms with van der Waals surface area (Å²) in [7, 11) is 1.67. The van der Waals surface area contributed by atoms with Crippen molar-refractivity contribution in [2.45, 2.75) is 26.2 Å². The van der Waals surface area contributed by atoms with Crippen LogP contribution in [0, 0.1) is 0 Å². The number of methoxy groups -OCH3 is 1. The van der Waals surface area contributed by atoms with Gasteiger partial charge in [0.15, 0.2) is 0 Å². The number of amides is 2. The van der Waals surface area contributed by atoms with E-state index in [0.717, 1.165) is 38.1 Å². The number of thiophene rings is 1. The molecule has 188 valence electrons. The molecule has 0 bridgehead atoms. The standard InChI is InChI=1S/C29H28N4O2S2/c1-35-26-13-11-23(12-14-26)28-31-24(21-37-28)18-32-15-5-9-25(32)19-33(20-27-10-6-16-36-27)29(34)30-17-22-7-3-2-4-8-22/h2-16,21H,17-20H2,1H3,(H,30,34). The Labute approximate surface area is 224 Å². The van der Waals surface area contributed by atoms with E-state index in [-0.39, 0.29) is 6.03 Å². The van der Waals surface area contributed by atoms with Gasteiger partial charge in [0, 0.05) is 34.3 Å². The molecule has 0 atom stereocenters. The highest BCUT2D eigenvalue weighted by molar-refractivity contribution is 7.13. The van der Waals surface area contributed by atoms with Crippen LogP contribution in [-0.2, 0) is 26.2 Å². The molecule has 0 saturated carbocycles. The Morgan fingerprint density at radius 1 is 0.973 bits per heavy atom. The lowest BCUT2D eigenvalue weighted by Crippen LogP contribution is -2.39. The average Bonchev–Trinajstić information content (AvgIpc) is 3.71. The summed E-state index contributed by atoms with van der Waals surface area (Å²) < 4.78 is 7.43. The number of nitrogens with zero attached hydrogens (tertiary/aromatic N) is 3. The summed E-state index contributed by atoms with van der Waals surface area (Å²) in [6, 6.07) is 26.0. The van der Waals surface area contributed by atoms with Crippen LogP contribution in [-0.4, -0.2) is 27.6 Å². The summed E-state index contributed by atoms with van der Waals surface area (Å²) in [6.45, 7) is 2.20. The molecule has 0 aliphatic heterocycles. The number of benzene rings is 2. The van der Waals surface area contributed by atoms with Crippen molar-refractivity contribution in [2.24, 2.45) is 0 Å². The summed E-state index contributed by atoms with van der Waals surface area (Å²) >= 11 is 3.29. The molecule has 0 aliphatic carbocycles. The van der Waals surface area contributed by atoms with E-state index in [2.05, 4.69) is 27.4 Å². The van der Waals surface area contributed by atoms with Gasteiger partial charge in [0.25, 0.3) is 0 Å². The van der Waals surface area contributed by atoms with E-state index in [1.54, 1.807) is 29.8 Å². The summed E-state index contributed by atoms with van der Waals surface area (Å²) in [5, 5.41) is 8.20. The third-order valence-corrected chi connectivity index (χ3v) is 7.80. The molecule has 6 nitrogen and oxygen atoms in total. The highest BCUT2D eigenvalue weighted by Crippen LogP contribution is 2.26. The molecule has 0 unspecified atom stereocenters. The highest BCUT2D eigenvalue weighted by Gasteiger charge is 2.17. The number of hydrogen-bond donors (Lipinski definition) is 1. The van der Waals surface area contributed by atoms with Crippen LogP contribution in [0.15, 0.2) is 95.8 Å². The van der Waals surface area contributed by atoms with Gasteiger partial charge in [-0.15, -0.1) is 22.7 Å². The quantitative estimate of drug-likeness (QED) is 0.221. The number of carbonyl (C=O) groups excluding carboxylic acids is 1. The molecule has 3 heterocycles. The first kappa shape index (κ1) is 24.8. The Kier molecular flexibility index (Phi) is 7.98. The van der Waals surface area contributed by atoms with E-state index in [9.17, 15) is 4.79 Å². The second kappa shape index (κ2) is 11.9. The topological polar surface area (TPSA) is 59.4 Å². The lowest BCUT2D eigenvalue weighted by molar-refractivity contribution is 0.191. The number of urea groups is 1. The maximum absolute atomic E-state index is 13.2. The smallest absolute Gasteiger partial charge is 0.318 e. The van der Waals surface area contributed by atoms with Crippen molar-refractivity contribution in [2.75, 3.05) is 7.11 Å². The molecule has 0 spiro atoms.